The molecule has 128 valence electrons. The quantitative estimate of drug-likeness (QED) is 0.671. The van der Waals surface area contributed by atoms with Gasteiger partial charge in [0, 0.05) is 6.54 Å². The average molecular weight is 340 g/mol. The van der Waals surface area contributed by atoms with E-state index in [0.717, 1.165) is 17.1 Å². The van der Waals surface area contributed by atoms with Crippen LogP contribution in [0.25, 0.3) is 0 Å². The predicted molar refractivity (Wildman–Crippen MR) is 92.0 cm³/mol. The number of hydrogen-bond donors (Lipinski definition) is 2. The number of amides is 2. The lowest BCUT2D eigenvalue weighted by Gasteiger charge is -2.16. The van der Waals surface area contributed by atoms with Crippen molar-refractivity contribution in [3.05, 3.63) is 29.8 Å². The van der Waals surface area contributed by atoms with Crippen LogP contribution in [0, 0.1) is 0 Å². The molecule has 0 aromatic heterocycles. The molecule has 0 radical (unpaired) electrons. The predicted octanol–water partition coefficient (Wildman–Crippen LogP) is 1.83. The molecule has 0 heterocycles. The van der Waals surface area contributed by atoms with Gasteiger partial charge in [0.05, 0.1) is 14.2 Å². The smallest absolute Gasteiger partial charge is 0.328 e. The number of urea groups is 1. The van der Waals surface area contributed by atoms with Gasteiger partial charge in [-0.3, -0.25) is 0 Å². The van der Waals surface area contributed by atoms with Gasteiger partial charge in [0.1, 0.15) is 11.8 Å². The Morgan fingerprint density at radius 2 is 1.91 bits per heavy atom. The molecule has 6 nitrogen and oxygen atoms in total. The second kappa shape index (κ2) is 10.8. The molecule has 0 fully saturated rings. The minimum atomic E-state index is -0.617. The Labute approximate surface area is 141 Å². The number of ether oxygens (including phenoxy) is 2. The Bertz CT molecular complexity index is 493. The summed E-state index contributed by atoms with van der Waals surface area (Å²) in [5.41, 5.74) is 1.10. The van der Waals surface area contributed by atoms with Crippen molar-refractivity contribution in [2.45, 2.75) is 18.9 Å². The summed E-state index contributed by atoms with van der Waals surface area (Å²) in [5.74, 6) is 1.14. The molecule has 2 amide bonds. The van der Waals surface area contributed by atoms with Crippen LogP contribution in [0.2, 0.25) is 0 Å². The summed E-state index contributed by atoms with van der Waals surface area (Å²) in [6, 6.07) is 6.68. The summed E-state index contributed by atoms with van der Waals surface area (Å²) in [7, 11) is 2.94. The molecule has 0 saturated heterocycles. The third kappa shape index (κ3) is 7.27. The standard InChI is InChI=1S/C16H24N2O4S/c1-21-13-6-4-12(5-7-13)8-10-17-16(20)18-14(9-11-23-3)15(19)22-2/h4-7,14H,8-11H2,1-3H3,(H2,17,18,20). The Morgan fingerprint density at radius 3 is 2.48 bits per heavy atom. The van der Waals surface area contributed by atoms with E-state index in [1.807, 2.05) is 30.5 Å². The number of carbonyl (C=O) groups is 2. The summed E-state index contributed by atoms with van der Waals surface area (Å²) in [6.45, 7) is 0.481. The van der Waals surface area contributed by atoms with Gasteiger partial charge in [0.25, 0.3) is 0 Å². The van der Waals surface area contributed by atoms with Crippen LogP contribution in [0.5, 0.6) is 5.75 Å². The van der Waals surface area contributed by atoms with Crippen LogP contribution in [0.15, 0.2) is 24.3 Å². The monoisotopic (exact) mass is 340 g/mol. The van der Waals surface area contributed by atoms with E-state index in [-0.39, 0.29) is 6.03 Å². The van der Waals surface area contributed by atoms with E-state index in [1.54, 1.807) is 18.9 Å². The molecule has 1 rings (SSSR count). The summed E-state index contributed by atoms with van der Waals surface area (Å²) in [4.78, 5) is 23.5. The maximum absolute atomic E-state index is 11.9. The Morgan fingerprint density at radius 1 is 1.22 bits per heavy atom. The van der Waals surface area contributed by atoms with E-state index < -0.39 is 12.0 Å². The maximum Gasteiger partial charge on any atom is 0.328 e. The third-order valence-corrected chi connectivity index (χ3v) is 3.90. The van der Waals surface area contributed by atoms with E-state index in [2.05, 4.69) is 10.6 Å². The summed E-state index contributed by atoms with van der Waals surface area (Å²) in [6.07, 6.45) is 3.19. The van der Waals surface area contributed by atoms with Crippen LogP contribution < -0.4 is 15.4 Å². The van der Waals surface area contributed by atoms with Crippen molar-refractivity contribution in [3.8, 4) is 5.75 Å². The lowest BCUT2D eigenvalue weighted by atomic mass is 10.1. The number of methoxy groups -OCH3 is 2. The molecule has 0 aliphatic rings. The third-order valence-electron chi connectivity index (χ3n) is 3.26. The molecule has 0 aliphatic heterocycles. The number of hydrogen-bond acceptors (Lipinski definition) is 5. The normalized spacial score (nSPS) is 11.4. The van der Waals surface area contributed by atoms with E-state index in [0.29, 0.717) is 19.4 Å². The summed E-state index contributed by atoms with van der Waals surface area (Å²) < 4.78 is 9.80. The zero-order chi connectivity index (χ0) is 17.1. The highest BCUT2D eigenvalue weighted by Gasteiger charge is 2.20. The zero-order valence-corrected chi connectivity index (χ0v) is 14.6. The largest absolute Gasteiger partial charge is 0.497 e. The van der Waals surface area contributed by atoms with Gasteiger partial charge in [-0.15, -0.1) is 0 Å². The fraction of sp³-hybridized carbons (Fsp3) is 0.500. The van der Waals surface area contributed by atoms with E-state index in [9.17, 15) is 9.59 Å². The minimum Gasteiger partial charge on any atom is -0.497 e. The first-order valence-electron chi connectivity index (χ1n) is 7.34. The number of nitrogens with one attached hydrogen (secondary N) is 2. The van der Waals surface area contributed by atoms with Crippen molar-refractivity contribution in [1.29, 1.82) is 0 Å². The SMILES string of the molecule is COC(=O)C(CCSC)NC(=O)NCCc1ccc(OC)cc1. The molecule has 23 heavy (non-hydrogen) atoms. The van der Waals surface area contributed by atoms with E-state index >= 15 is 0 Å². The van der Waals surface area contributed by atoms with Crippen LogP contribution >= 0.6 is 11.8 Å². The van der Waals surface area contributed by atoms with Crippen LogP contribution in [-0.4, -0.2) is 50.8 Å². The topological polar surface area (TPSA) is 76.7 Å². The van der Waals surface area contributed by atoms with Gasteiger partial charge in [-0.1, -0.05) is 12.1 Å². The van der Waals surface area contributed by atoms with Gasteiger partial charge in [-0.2, -0.15) is 11.8 Å². The highest BCUT2D eigenvalue weighted by molar-refractivity contribution is 7.98. The van der Waals surface area contributed by atoms with Crippen LogP contribution in [0.4, 0.5) is 4.79 Å². The molecule has 0 aliphatic carbocycles. The number of rotatable bonds is 9. The molecule has 0 saturated carbocycles. The second-order valence-corrected chi connectivity index (χ2v) is 5.84. The van der Waals surface area contributed by atoms with Crippen molar-refractivity contribution in [2.24, 2.45) is 0 Å². The highest BCUT2D eigenvalue weighted by Crippen LogP contribution is 2.11. The Kier molecular flexibility index (Phi) is 8.97. The summed E-state index contributed by atoms with van der Waals surface area (Å²) in [5, 5.41) is 5.40. The van der Waals surface area contributed by atoms with Crippen LogP contribution in [-0.2, 0) is 16.0 Å². The Hall–Kier alpha value is -1.89. The second-order valence-electron chi connectivity index (χ2n) is 4.86. The van der Waals surface area contributed by atoms with Gasteiger partial charge in [-0.25, -0.2) is 9.59 Å². The lowest BCUT2D eigenvalue weighted by Crippen LogP contribution is -2.47. The van der Waals surface area contributed by atoms with Crippen molar-refractivity contribution < 1.29 is 19.1 Å². The number of carbonyl (C=O) groups excluding carboxylic acids is 2. The van der Waals surface area contributed by atoms with Crippen molar-refractivity contribution >= 4 is 23.8 Å². The zero-order valence-electron chi connectivity index (χ0n) is 13.8. The van der Waals surface area contributed by atoms with Crippen molar-refractivity contribution in [1.82, 2.24) is 10.6 Å². The molecule has 1 unspecified atom stereocenters. The molecule has 2 N–H and O–H groups in total. The molecule has 0 bridgehead atoms. The Balaban J connectivity index is 2.37. The summed E-state index contributed by atoms with van der Waals surface area (Å²) >= 11 is 1.61. The average Bonchev–Trinajstić information content (AvgIpc) is 2.58. The van der Waals surface area contributed by atoms with Gasteiger partial charge in [0.15, 0.2) is 0 Å². The van der Waals surface area contributed by atoms with Gasteiger partial charge in [0.2, 0.25) is 0 Å². The fourth-order valence-corrected chi connectivity index (χ4v) is 2.42. The van der Waals surface area contributed by atoms with E-state index in [1.165, 1.54) is 7.11 Å². The lowest BCUT2D eigenvalue weighted by molar-refractivity contribution is -0.142. The van der Waals surface area contributed by atoms with Crippen molar-refractivity contribution in [3.63, 3.8) is 0 Å². The molecule has 1 aromatic carbocycles. The van der Waals surface area contributed by atoms with Gasteiger partial charge in [-0.05, 0) is 42.5 Å². The molecule has 0 spiro atoms. The number of benzene rings is 1. The van der Waals surface area contributed by atoms with Gasteiger partial charge >= 0.3 is 12.0 Å². The van der Waals surface area contributed by atoms with Gasteiger partial charge < -0.3 is 20.1 Å². The molecule has 7 heteroatoms. The molecule has 1 atom stereocenters. The fourth-order valence-electron chi connectivity index (χ4n) is 1.95. The van der Waals surface area contributed by atoms with Crippen LogP contribution in [0.3, 0.4) is 0 Å². The highest BCUT2D eigenvalue weighted by atomic mass is 32.2. The van der Waals surface area contributed by atoms with Crippen LogP contribution in [0.1, 0.15) is 12.0 Å². The molecule has 1 aromatic rings. The minimum absolute atomic E-state index is 0.366. The first-order valence-corrected chi connectivity index (χ1v) is 8.74. The number of esters is 1. The molecular formula is C16H24N2O4S. The maximum atomic E-state index is 11.9. The first kappa shape index (κ1) is 19.2. The van der Waals surface area contributed by atoms with Crippen molar-refractivity contribution in [2.75, 3.05) is 32.8 Å². The first-order chi connectivity index (χ1) is 11.1. The van der Waals surface area contributed by atoms with E-state index in [4.69, 9.17) is 9.47 Å². The number of thioether (sulfide) groups is 1. The molecular weight excluding hydrogens is 316 g/mol.